The summed E-state index contributed by atoms with van der Waals surface area (Å²) in [4.78, 5) is 10.4. The average Bonchev–Trinajstić information content (AvgIpc) is 2.16. The van der Waals surface area contributed by atoms with Crippen LogP contribution in [0.15, 0.2) is 22.7 Å². The first-order chi connectivity index (χ1) is 7.50. The van der Waals surface area contributed by atoms with Crippen molar-refractivity contribution in [2.75, 3.05) is 0 Å². The highest BCUT2D eigenvalue weighted by Crippen LogP contribution is 2.26. The Labute approximate surface area is 105 Å². The number of carboxylic acid groups (broad SMARTS) is 1. The van der Waals surface area contributed by atoms with Gasteiger partial charge in [-0.2, -0.15) is 0 Å². The van der Waals surface area contributed by atoms with Crippen molar-refractivity contribution < 1.29 is 9.90 Å². The second kappa shape index (κ2) is 6.04. The Morgan fingerprint density at radius 2 is 2.12 bits per heavy atom. The Bertz CT molecular complexity index is 372. The van der Waals surface area contributed by atoms with Gasteiger partial charge in [-0.3, -0.25) is 4.79 Å². The highest BCUT2D eigenvalue weighted by Gasteiger charge is 2.05. The highest BCUT2D eigenvalue weighted by atomic mass is 79.9. The SMILES string of the molecule is CC(C)c1ccc(CCCC(=O)O)cc1Br. The number of hydrogen-bond donors (Lipinski definition) is 1. The number of aliphatic carboxylic acids is 1. The lowest BCUT2D eigenvalue weighted by molar-refractivity contribution is -0.137. The summed E-state index contributed by atoms with van der Waals surface area (Å²) >= 11 is 3.55. The van der Waals surface area contributed by atoms with Crippen LogP contribution in [0.1, 0.15) is 43.7 Å². The van der Waals surface area contributed by atoms with E-state index in [9.17, 15) is 4.79 Å². The molecule has 0 bridgehead atoms. The maximum Gasteiger partial charge on any atom is 0.303 e. The van der Waals surface area contributed by atoms with Crippen molar-refractivity contribution >= 4 is 21.9 Å². The molecular weight excluding hydrogens is 268 g/mol. The van der Waals surface area contributed by atoms with E-state index in [2.05, 4.69) is 48.0 Å². The number of carbonyl (C=O) groups is 1. The maximum atomic E-state index is 10.4. The van der Waals surface area contributed by atoms with Gasteiger partial charge in [-0.25, -0.2) is 0 Å². The van der Waals surface area contributed by atoms with Gasteiger partial charge in [0.05, 0.1) is 0 Å². The molecule has 1 rings (SSSR count). The molecule has 0 heterocycles. The van der Waals surface area contributed by atoms with Crippen LogP contribution in [0, 0.1) is 0 Å². The fourth-order valence-electron chi connectivity index (χ4n) is 1.64. The topological polar surface area (TPSA) is 37.3 Å². The molecule has 0 saturated carbocycles. The molecule has 0 fully saturated rings. The Morgan fingerprint density at radius 1 is 1.44 bits per heavy atom. The van der Waals surface area contributed by atoms with Gasteiger partial charge in [-0.15, -0.1) is 0 Å². The van der Waals surface area contributed by atoms with Gasteiger partial charge < -0.3 is 5.11 Å². The highest BCUT2D eigenvalue weighted by molar-refractivity contribution is 9.10. The summed E-state index contributed by atoms with van der Waals surface area (Å²) in [5.41, 5.74) is 2.49. The molecule has 0 spiro atoms. The number of rotatable bonds is 5. The largest absolute Gasteiger partial charge is 0.481 e. The first kappa shape index (κ1) is 13.2. The van der Waals surface area contributed by atoms with E-state index in [1.54, 1.807) is 0 Å². The summed E-state index contributed by atoms with van der Waals surface area (Å²) in [7, 11) is 0. The smallest absolute Gasteiger partial charge is 0.303 e. The fourth-order valence-corrected chi connectivity index (χ4v) is 2.52. The number of hydrogen-bond acceptors (Lipinski definition) is 1. The predicted octanol–water partition coefficient (Wildman–Crippen LogP) is 3.98. The fraction of sp³-hybridized carbons (Fsp3) is 0.462. The zero-order chi connectivity index (χ0) is 12.1. The van der Waals surface area contributed by atoms with Crippen LogP contribution in [0.4, 0.5) is 0 Å². The summed E-state index contributed by atoms with van der Waals surface area (Å²) in [6.07, 6.45) is 1.76. The normalized spacial score (nSPS) is 10.8. The Morgan fingerprint density at radius 3 is 2.62 bits per heavy atom. The second-order valence-electron chi connectivity index (χ2n) is 4.26. The van der Waals surface area contributed by atoms with Crippen molar-refractivity contribution in [3.05, 3.63) is 33.8 Å². The van der Waals surface area contributed by atoms with Gasteiger partial charge in [-0.05, 0) is 36.0 Å². The lowest BCUT2D eigenvalue weighted by Gasteiger charge is -2.10. The molecule has 16 heavy (non-hydrogen) atoms. The molecule has 0 aliphatic rings. The third-order valence-electron chi connectivity index (χ3n) is 2.54. The second-order valence-corrected chi connectivity index (χ2v) is 5.11. The standard InChI is InChI=1S/C13H17BrO2/c1-9(2)11-7-6-10(8-12(11)14)4-3-5-13(15)16/h6-9H,3-5H2,1-2H3,(H,15,16). The van der Waals surface area contributed by atoms with Crippen molar-refractivity contribution in [2.45, 2.75) is 39.0 Å². The lowest BCUT2D eigenvalue weighted by atomic mass is 10.00. The van der Waals surface area contributed by atoms with Gasteiger partial charge in [-0.1, -0.05) is 41.9 Å². The molecule has 1 N–H and O–H groups in total. The van der Waals surface area contributed by atoms with E-state index in [0.717, 1.165) is 10.9 Å². The van der Waals surface area contributed by atoms with E-state index in [0.29, 0.717) is 12.3 Å². The third-order valence-corrected chi connectivity index (χ3v) is 3.23. The van der Waals surface area contributed by atoms with Crippen molar-refractivity contribution in [3.63, 3.8) is 0 Å². The summed E-state index contributed by atoms with van der Waals surface area (Å²) in [5.74, 6) is -0.222. The van der Waals surface area contributed by atoms with Crippen LogP contribution >= 0.6 is 15.9 Å². The zero-order valence-corrected chi connectivity index (χ0v) is 11.3. The van der Waals surface area contributed by atoms with Crippen LogP contribution in [0.2, 0.25) is 0 Å². The van der Waals surface area contributed by atoms with Crippen LogP contribution in [-0.2, 0) is 11.2 Å². The molecule has 0 radical (unpaired) electrons. The van der Waals surface area contributed by atoms with E-state index in [4.69, 9.17) is 5.11 Å². The molecule has 2 nitrogen and oxygen atoms in total. The van der Waals surface area contributed by atoms with Crippen molar-refractivity contribution in [2.24, 2.45) is 0 Å². The van der Waals surface area contributed by atoms with Crippen LogP contribution in [-0.4, -0.2) is 11.1 Å². The van der Waals surface area contributed by atoms with Crippen LogP contribution in [0.25, 0.3) is 0 Å². The van der Waals surface area contributed by atoms with Crippen molar-refractivity contribution in [1.82, 2.24) is 0 Å². The molecule has 1 aromatic rings. The van der Waals surface area contributed by atoms with E-state index in [-0.39, 0.29) is 6.42 Å². The molecule has 0 aromatic heterocycles. The minimum atomic E-state index is -0.724. The maximum absolute atomic E-state index is 10.4. The van der Waals surface area contributed by atoms with Gasteiger partial charge in [0, 0.05) is 10.9 Å². The Hall–Kier alpha value is -0.830. The third kappa shape index (κ3) is 3.97. The molecule has 0 atom stereocenters. The summed E-state index contributed by atoms with van der Waals surface area (Å²) < 4.78 is 1.12. The Balaban J connectivity index is 2.63. The summed E-state index contributed by atoms with van der Waals surface area (Å²) in [6.45, 7) is 4.31. The zero-order valence-electron chi connectivity index (χ0n) is 9.66. The molecule has 0 saturated heterocycles. The first-order valence-electron chi connectivity index (χ1n) is 5.51. The van der Waals surface area contributed by atoms with Gasteiger partial charge in [0.25, 0.3) is 0 Å². The van der Waals surface area contributed by atoms with E-state index in [1.807, 2.05) is 0 Å². The monoisotopic (exact) mass is 284 g/mol. The van der Waals surface area contributed by atoms with Crippen LogP contribution < -0.4 is 0 Å². The summed E-state index contributed by atoms with van der Waals surface area (Å²) in [6, 6.07) is 6.30. The van der Waals surface area contributed by atoms with Gasteiger partial charge >= 0.3 is 5.97 Å². The van der Waals surface area contributed by atoms with E-state index in [1.165, 1.54) is 11.1 Å². The van der Waals surface area contributed by atoms with Gasteiger partial charge in [0.2, 0.25) is 0 Å². The molecule has 0 aliphatic heterocycles. The number of carboxylic acids is 1. The molecule has 88 valence electrons. The van der Waals surface area contributed by atoms with Crippen molar-refractivity contribution in [1.29, 1.82) is 0 Å². The lowest BCUT2D eigenvalue weighted by Crippen LogP contribution is -1.97. The quantitative estimate of drug-likeness (QED) is 0.888. The van der Waals surface area contributed by atoms with Gasteiger partial charge in [0.15, 0.2) is 0 Å². The summed E-state index contributed by atoms with van der Waals surface area (Å²) in [5, 5.41) is 8.55. The number of halogens is 1. The molecule has 0 aliphatic carbocycles. The van der Waals surface area contributed by atoms with E-state index < -0.39 is 5.97 Å². The molecule has 3 heteroatoms. The Kier molecular flexibility index (Phi) is 5.00. The molecule has 1 aromatic carbocycles. The number of benzene rings is 1. The minimum Gasteiger partial charge on any atom is -0.481 e. The van der Waals surface area contributed by atoms with Crippen LogP contribution in [0.3, 0.4) is 0 Å². The number of aryl methyl sites for hydroxylation is 1. The molecule has 0 amide bonds. The van der Waals surface area contributed by atoms with Gasteiger partial charge in [0.1, 0.15) is 0 Å². The van der Waals surface area contributed by atoms with Crippen LogP contribution in [0.5, 0.6) is 0 Å². The van der Waals surface area contributed by atoms with Crippen molar-refractivity contribution in [3.8, 4) is 0 Å². The molecule has 0 unspecified atom stereocenters. The first-order valence-corrected chi connectivity index (χ1v) is 6.30. The minimum absolute atomic E-state index is 0.240. The molecular formula is C13H17BrO2. The predicted molar refractivity (Wildman–Crippen MR) is 68.8 cm³/mol. The average molecular weight is 285 g/mol. The van der Waals surface area contributed by atoms with E-state index >= 15 is 0 Å².